The summed E-state index contributed by atoms with van der Waals surface area (Å²) < 4.78 is 82.6. The van der Waals surface area contributed by atoms with Crippen LogP contribution in [0.15, 0.2) is 41.3 Å². The van der Waals surface area contributed by atoms with E-state index in [9.17, 15) is 30.8 Å². The number of nitrogens with zero attached hydrogens (tertiary/aromatic N) is 1. The molecule has 5 nitrogen and oxygen atoms in total. The first-order chi connectivity index (χ1) is 14.1. The summed E-state index contributed by atoms with van der Waals surface area (Å²) in [4.78, 5) is 10.9. The Kier molecular flexibility index (Phi) is 5.09. The topological polar surface area (TPSA) is 66.5 Å². The van der Waals surface area contributed by atoms with Crippen molar-refractivity contribution in [2.75, 3.05) is 11.9 Å². The number of rotatable bonds is 3. The SMILES string of the molecule is O=C1CCc2cc(S(=O)(=O)N3CCCC3c3ccccc3C(F)(F)F)c(F)cc2N1. The molecule has 1 unspecified atom stereocenters. The van der Waals surface area contributed by atoms with Gasteiger partial charge in [0.15, 0.2) is 0 Å². The van der Waals surface area contributed by atoms with Gasteiger partial charge in [-0.25, -0.2) is 12.8 Å². The number of amides is 1. The first-order valence-electron chi connectivity index (χ1n) is 9.39. The van der Waals surface area contributed by atoms with Crippen LogP contribution in [0.4, 0.5) is 23.2 Å². The molecule has 0 radical (unpaired) electrons. The molecule has 2 aromatic carbocycles. The Morgan fingerprint density at radius 2 is 1.83 bits per heavy atom. The molecular weight excluding hydrogens is 424 g/mol. The summed E-state index contributed by atoms with van der Waals surface area (Å²) in [5.74, 6) is -1.34. The van der Waals surface area contributed by atoms with E-state index in [1.54, 1.807) is 0 Å². The molecule has 0 spiro atoms. The highest BCUT2D eigenvalue weighted by molar-refractivity contribution is 7.89. The third-order valence-corrected chi connectivity index (χ3v) is 7.39. The predicted octanol–water partition coefficient (Wildman–Crippen LogP) is 4.26. The lowest BCUT2D eigenvalue weighted by Crippen LogP contribution is -2.32. The molecule has 1 N–H and O–H groups in total. The lowest BCUT2D eigenvalue weighted by molar-refractivity contribution is -0.138. The largest absolute Gasteiger partial charge is 0.416 e. The van der Waals surface area contributed by atoms with Crippen molar-refractivity contribution < 1.29 is 30.8 Å². The standard InChI is InChI=1S/C20H18F4N2O3S/c21-15-11-16-12(7-8-19(27)25-16)10-18(15)30(28,29)26-9-3-6-17(26)13-4-1-2-5-14(13)20(22,23)24/h1-2,4-5,10-11,17H,3,6-9H2,(H,25,27). The average Bonchev–Trinajstić information content (AvgIpc) is 3.17. The first kappa shape index (κ1) is 20.8. The lowest BCUT2D eigenvalue weighted by atomic mass is 9.99. The van der Waals surface area contributed by atoms with Crippen molar-refractivity contribution in [2.24, 2.45) is 0 Å². The van der Waals surface area contributed by atoms with Crippen molar-refractivity contribution in [3.63, 3.8) is 0 Å². The molecule has 2 aromatic rings. The fourth-order valence-corrected chi connectivity index (χ4v) is 5.86. The molecule has 4 rings (SSSR count). The highest BCUT2D eigenvalue weighted by Crippen LogP contribution is 2.43. The van der Waals surface area contributed by atoms with E-state index in [1.807, 2.05) is 0 Å². The third-order valence-electron chi connectivity index (χ3n) is 5.47. The van der Waals surface area contributed by atoms with Gasteiger partial charge in [0.2, 0.25) is 15.9 Å². The Morgan fingerprint density at radius 1 is 1.10 bits per heavy atom. The summed E-state index contributed by atoms with van der Waals surface area (Å²) in [6, 6.07) is 5.94. The van der Waals surface area contributed by atoms with Crippen molar-refractivity contribution in [3.8, 4) is 0 Å². The number of halogens is 4. The normalized spacial score (nSPS) is 20.1. The van der Waals surface area contributed by atoms with Crippen LogP contribution < -0.4 is 5.32 Å². The van der Waals surface area contributed by atoms with Gasteiger partial charge in [-0.3, -0.25) is 4.79 Å². The van der Waals surface area contributed by atoms with Gasteiger partial charge >= 0.3 is 6.18 Å². The molecule has 0 aliphatic carbocycles. The zero-order chi connectivity index (χ0) is 21.7. The Bertz CT molecular complexity index is 1120. The van der Waals surface area contributed by atoms with Gasteiger partial charge in [0.1, 0.15) is 10.7 Å². The number of aryl methyl sites for hydroxylation is 1. The highest BCUT2D eigenvalue weighted by atomic mass is 32.2. The average molecular weight is 442 g/mol. The minimum absolute atomic E-state index is 0.00749. The monoisotopic (exact) mass is 442 g/mol. The maximum atomic E-state index is 14.7. The minimum atomic E-state index is -4.64. The number of sulfonamides is 1. The van der Waals surface area contributed by atoms with E-state index in [4.69, 9.17) is 0 Å². The predicted molar refractivity (Wildman–Crippen MR) is 101 cm³/mol. The molecule has 2 aliphatic heterocycles. The Hall–Kier alpha value is -2.46. The van der Waals surface area contributed by atoms with Gasteiger partial charge in [0, 0.05) is 18.7 Å². The van der Waals surface area contributed by atoms with E-state index < -0.39 is 38.5 Å². The van der Waals surface area contributed by atoms with Crippen LogP contribution in [-0.2, 0) is 27.4 Å². The van der Waals surface area contributed by atoms with Gasteiger partial charge in [-0.15, -0.1) is 0 Å². The van der Waals surface area contributed by atoms with E-state index in [0.29, 0.717) is 12.0 Å². The molecule has 1 fully saturated rings. The van der Waals surface area contributed by atoms with Crippen molar-refractivity contribution in [1.82, 2.24) is 4.31 Å². The van der Waals surface area contributed by atoms with Gasteiger partial charge in [0.25, 0.3) is 0 Å². The van der Waals surface area contributed by atoms with Crippen LogP contribution in [0.2, 0.25) is 0 Å². The summed E-state index contributed by atoms with van der Waals surface area (Å²) in [6.07, 6.45) is -3.68. The minimum Gasteiger partial charge on any atom is -0.326 e. The summed E-state index contributed by atoms with van der Waals surface area (Å²) in [7, 11) is -4.40. The number of carbonyl (C=O) groups is 1. The number of anilines is 1. The second-order valence-corrected chi connectivity index (χ2v) is 9.21. The number of benzene rings is 2. The molecule has 0 saturated carbocycles. The van der Waals surface area contributed by atoms with E-state index >= 15 is 0 Å². The van der Waals surface area contributed by atoms with Gasteiger partial charge in [-0.2, -0.15) is 17.5 Å². The van der Waals surface area contributed by atoms with Gasteiger partial charge in [-0.1, -0.05) is 18.2 Å². The fourth-order valence-electron chi connectivity index (χ4n) is 4.09. The van der Waals surface area contributed by atoms with E-state index in [1.165, 1.54) is 24.3 Å². The molecule has 1 saturated heterocycles. The van der Waals surface area contributed by atoms with Crippen molar-refractivity contribution >= 4 is 21.6 Å². The zero-order valence-corrected chi connectivity index (χ0v) is 16.5. The fraction of sp³-hybridized carbons (Fsp3) is 0.350. The van der Waals surface area contributed by atoms with E-state index in [0.717, 1.165) is 16.4 Å². The third kappa shape index (κ3) is 3.58. The van der Waals surface area contributed by atoms with Crippen LogP contribution in [0.3, 0.4) is 0 Å². The molecule has 2 heterocycles. The van der Waals surface area contributed by atoms with Crippen LogP contribution in [0, 0.1) is 5.82 Å². The van der Waals surface area contributed by atoms with Crippen molar-refractivity contribution in [2.45, 2.75) is 42.8 Å². The summed E-state index contributed by atoms with van der Waals surface area (Å²) in [5.41, 5.74) is -0.355. The molecule has 2 aliphatic rings. The van der Waals surface area contributed by atoms with Crippen LogP contribution >= 0.6 is 0 Å². The number of carbonyl (C=O) groups excluding carboxylic acids is 1. The Morgan fingerprint density at radius 3 is 2.57 bits per heavy atom. The number of alkyl halides is 3. The number of hydrogen-bond acceptors (Lipinski definition) is 3. The Balaban J connectivity index is 1.76. The molecule has 30 heavy (non-hydrogen) atoms. The smallest absolute Gasteiger partial charge is 0.326 e. The summed E-state index contributed by atoms with van der Waals surface area (Å²) in [5, 5.41) is 2.50. The molecule has 10 heteroatoms. The first-order valence-corrected chi connectivity index (χ1v) is 10.8. The quantitative estimate of drug-likeness (QED) is 0.723. The zero-order valence-electron chi connectivity index (χ0n) is 15.7. The lowest BCUT2D eigenvalue weighted by Gasteiger charge is -2.27. The molecule has 1 amide bonds. The molecular formula is C20H18F4N2O3S. The second-order valence-electron chi connectivity index (χ2n) is 7.35. The highest BCUT2D eigenvalue weighted by Gasteiger charge is 2.42. The van der Waals surface area contributed by atoms with E-state index in [2.05, 4.69) is 5.32 Å². The van der Waals surface area contributed by atoms with Gasteiger partial charge < -0.3 is 5.32 Å². The van der Waals surface area contributed by atoms with Gasteiger partial charge in [-0.05, 0) is 48.6 Å². The van der Waals surface area contributed by atoms with Crippen LogP contribution in [0.5, 0.6) is 0 Å². The summed E-state index contributed by atoms with van der Waals surface area (Å²) in [6.45, 7) is -0.00749. The van der Waals surface area contributed by atoms with Crippen LogP contribution in [0.1, 0.15) is 42.0 Å². The summed E-state index contributed by atoms with van der Waals surface area (Å²) >= 11 is 0. The Labute approximate surface area is 170 Å². The number of hydrogen-bond donors (Lipinski definition) is 1. The second kappa shape index (κ2) is 7.35. The van der Waals surface area contributed by atoms with Crippen LogP contribution in [-0.4, -0.2) is 25.2 Å². The number of nitrogens with one attached hydrogen (secondary N) is 1. The number of fused-ring (bicyclic) bond motifs is 1. The molecule has 0 aromatic heterocycles. The molecule has 160 valence electrons. The maximum absolute atomic E-state index is 14.7. The maximum Gasteiger partial charge on any atom is 0.416 e. The van der Waals surface area contributed by atoms with E-state index in [-0.39, 0.29) is 43.0 Å². The molecule has 0 bridgehead atoms. The van der Waals surface area contributed by atoms with Gasteiger partial charge in [0.05, 0.1) is 11.6 Å². The molecule has 1 atom stereocenters. The van der Waals surface area contributed by atoms with Crippen LogP contribution in [0.25, 0.3) is 0 Å². The van der Waals surface area contributed by atoms with Crippen molar-refractivity contribution in [3.05, 3.63) is 58.9 Å². The van der Waals surface area contributed by atoms with Crippen molar-refractivity contribution in [1.29, 1.82) is 0 Å².